The van der Waals surface area contributed by atoms with Crippen molar-refractivity contribution in [1.29, 1.82) is 0 Å². The molecular formula is C19H25N3O3S. The lowest BCUT2D eigenvalue weighted by Gasteiger charge is -2.31. The quantitative estimate of drug-likeness (QED) is 0.749. The maximum absolute atomic E-state index is 12.9. The normalized spacial score (nSPS) is 15.9. The molecule has 0 N–H and O–H groups in total. The molecule has 0 radical (unpaired) electrons. The highest BCUT2D eigenvalue weighted by Gasteiger charge is 2.25. The van der Waals surface area contributed by atoms with E-state index in [2.05, 4.69) is 9.89 Å². The maximum atomic E-state index is 12.9. The van der Waals surface area contributed by atoms with E-state index >= 15 is 0 Å². The Bertz CT molecular complexity index is 895. The summed E-state index contributed by atoms with van der Waals surface area (Å²) in [4.78, 5) is 6.85. The molecule has 1 aliphatic rings. The average molecular weight is 375 g/mol. The van der Waals surface area contributed by atoms with Crippen LogP contribution in [0.2, 0.25) is 0 Å². The summed E-state index contributed by atoms with van der Waals surface area (Å²) in [6.45, 7) is 3.63. The molecule has 26 heavy (non-hydrogen) atoms. The molecule has 2 heterocycles. The summed E-state index contributed by atoms with van der Waals surface area (Å²) in [6, 6.07) is 9.05. The molecule has 0 amide bonds. The average Bonchev–Trinajstić information content (AvgIpc) is 3.05. The third kappa shape index (κ3) is 3.99. The zero-order valence-electron chi connectivity index (χ0n) is 15.5. The lowest BCUT2D eigenvalue weighted by atomic mass is 10.1. The molecule has 2 aromatic rings. The second-order valence-corrected chi connectivity index (χ2v) is 8.81. The van der Waals surface area contributed by atoms with Crippen molar-refractivity contribution in [2.45, 2.75) is 31.1 Å². The molecule has 1 aromatic heterocycles. The van der Waals surface area contributed by atoms with Gasteiger partial charge in [-0.1, -0.05) is 0 Å². The van der Waals surface area contributed by atoms with Gasteiger partial charge in [-0.25, -0.2) is 12.7 Å². The number of aryl methyl sites for hydroxylation is 1. The standard InChI is InChI=1S/C19H25N3O3S/c1-15-7-9-17(25-15)14-20-16-8-10-18(22-11-5-4-6-12-22)19(13-16)26(23,24)21(2)3/h7-10,13-14H,4-6,11-12H2,1-3H3. The Hall–Kier alpha value is -2.12. The fourth-order valence-corrected chi connectivity index (χ4v) is 4.17. The van der Waals surface area contributed by atoms with E-state index in [0.29, 0.717) is 16.3 Å². The first-order valence-electron chi connectivity index (χ1n) is 8.80. The Morgan fingerprint density at radius 3 is 2.46 bits per heavy atom. The summed E-state index contributed by atoms with van der Waals surface area (Å²) < 4.78 is 32.4. The Morgan fingerprint density at radius 2 is 1.85 bits per heavy atom. The Labute approximate surface area is 155 Å². The number of piperidine rings is 1. The van der Waals surface area contributed by atoms with E-state index in [4.69, 9.17) is 4.42 Å². The van der Waals surface area contributed by atoms with Crippen molar-refractivity contribution in [1.82, 2.24) is 4.31 Å². The number of benzene rings is 1. The fraction of sp³-hybridized carbons (Fsp3) is 0.421. The van der Waals surface area contributed by atoms with Gasteiger partial charge >= 0.3 is 0 Å². The number of aliphatic imine (C=N–C) groups is 1. The van der Waals surface area contributed by atoms with E-state index in [9.17, 15) is 8.42 Å². The van der Waals surface area contributed by atoms with Crippen molar-refractivity contribution in [2.75, 3.05) is 32.1 Å². The number of sulfonamides is 1. The van der Waals surface area contributed by atoms with Crippen molar-refractivity contribution in [2.24, 2.45) is 4.99 Å². The lowest BCUT2D eigenvalue weighted by molar-refractivity contribution is 0.519. The van der Waals surface area contributed by atoms with Crippen LogP contribution in [0.25, 0.3) is 0 Å². The van der Waals surface area contributed by atoms with Crippen LogP contribution in [-0.4, -0.2) is 46.1 Å². The van der Waals surface area contributed by atoms with Crippen LogP contribution in [0, 0.1) is 6.92 Å². The van der Waals surface area contributed by atoms with E-state index in [0.717, 1.165) is 37.4 Å². The fourth-order valence-electron chi connectivity index (χ4n) is 3.04. The highest BCUT2D eigenvalue weighted by molar-refractivity contribution is 7.89. The number of rotatable bonds is 5. The number of anilines is 1. The zero-order valence-corrected chi connectivity index (χ0v) is 16.3. The molecule has 1 saturated heterocycles. The van der Waals surface area contributed by atoms with Crippen LogP contribution in [0.3, 0.4) is 0 Å². The molecule has 0 bridgehead atoms. The summed E-state index contributed by atoms with van der Waals surface area (Å²) in [5.74, 6) is 1.45. The smallest absolute Gasteiger partial charge is 0.244 e. The number of hydrogen-bond acceptors (Lipinski definition) is 5. The van der Waals surface area contributed by atoms with Gasteiger partial charge in [0.1, 0.15) is 16.4 Å². The second-order valence-electron chi connectivity index (χ2n) is 6.69. The third-order valence-electron chi connectivity index (χ3n) is 4.50. The van der Waals surface area contributed by atoms with E-state index in [-0.39, 0.29) is 0 Å². The molecule has 0 saturated carbocycles. The first kappa shape index (κ1) is 18.7. The van der Waals surface area contributed by atoms with Gasteiger partial charge in [-0.3, -0.25) is 4.99 Å². The Morgan fingerprint density at radius 1 is 1.12 bits per heavy atom. The van der Waals surface area contributed by atoms with Crippen molar-refractivity contribution < 1.29 is 12.8 Å². The van der Waals surface area contributed by atoms with Crippen LogP contribution in [0.5, 0.6) is 0 Å². The van der Waals surface area contributed by atoms with Crippen LogP contribution in [0.4, 0.5) is 11.4 Å². The zero-order chi connectivity index (χ0) is 18.7. The topological polar surface area (TPSA) is 66.1 Å². The molecule has 1 aromatic carbocycles. The van der Waals surface area contributed by atoms with Crippen molar-refractivity contribution in [3.05, 3.63) is 41.9 Å². The van der Waals surface area contributed by atoms with E-state index in [1.165, 1.54) is 10.7 Å². The van der Waals surface area contributed by atoms with Gasteiger partial charge in [0.15, 0.2) is 0 Å². The van der Waals surface area contributed by atoms with Gasteiger partial charge in [-0.2, -0.15) is 0 Å². The highest BCUT2D eigenvalue weighted by atomic mass is 32.2. The van der Waals surface area contributed by atoms with E-state index in [1.54, 1.807) is 26.4 Å². The molecular weight excluding hydrogens is 350 g/mol. The van der Waals surface area contributed by atoms with E-state index in [1.807, 2.05) is 31.2 Å². The third-order valence-corrected chi connectivity index (χ3v) is 6.35. The minimum absolute atomic E-state index is 0.301. The largest absolute Gasteiger partial charge is 0.460 e. The molecule has 1 fully saturated rings. The lowest BCUT2D eigenvalue weighted by Crippen LogP contribution is -2.32. The monoisotopic (exact) mass is 375 g/mol. The van der Waals surface area contributed by atoms with Gasteiger partial charge in [-0.15, -0.1) is 0 Å². The summed E-state index contributed by atoms with van der Waals surface area (Å²) in [6.07, 6.45) is 4.96. The SMILES string of the molecule is Cc1ccc(C=Nc2ccc(N3CCCCC3)c(S(=O)(=O)N(C)C)c2)o1. The van der Waals surface area contributed by atoms with Gasteiger partial charge in [0.2, 0.25) is 10.0 Å². The molecule has 0 spiro atoms. The second kappa shape index (κ2) is 7.63. The summed E-state index contributed by atoms with van der Waals surface area (Å²) >= 11 is 0. The summed E-state index contributed by atoms with van der Waals surface area (Å²) in [5.41, 5.74) is 1.34. The number of nitrogens with zero attached hydrogens (tertiary/aromatic N) is 3. The van der Waals surface area contributed by atoms with Crippen LogP contribution >= 0.6 is 0 Å². The van der Waals surface area contributed by atoms with Gasteiger partial charge < -0.3 is 9.32 Å². The van der Waals surface area contributed by atoms with Gasteiger partial charge in [0.25, 0.3) is 0 Å². The molecule has 3 rings (SSSR count). The minimum atomic E-state index is -3.56. The molecule has 0 atom stereocenters. The Balaban J connectivity index is 1.99. The van der Waals surface area contributed by atoms with Gasteiger partial charge in [0, 0.05) is 27.2 Å². The molecule has 6 nitrogen and oxygen atoms in total. The van der Waals surface area contributed by atoms with Crippen LogP contribution in [0.15, 0.2) is 44.6 Å². The molecule has 7 heteroatoms. The minimum Gasteiger partial charge on any atom is -0.460 e. The first-order valence-corrected chi connectivity index (χ1v) is 10.2. The van der Waals surface area contributed by atoms with Crippen molar-refractivity contribution in [3.63, 3.8) is 0 Å². The number of furan rings is 1. The molecule has 0 unspecified atom stereocenters. The van der Waals surface area contributed by atoms with Gasteiger partial charge in [0.05, 0.1) is 17.6 Å². The number of hydrogen-bond donors (Lipinski definition) is 0. The molecule has 140 valence electrons. The van der Waals surface area contributed by atoms with Crippen molar-refractivity contribution in [3.8, 4) is 0 Å². The van der Waals surface area contributed by atoms with Gasteiger partial charge in [-0.05, 0) is 56.5 Å². The summed E-state index contributed by atoms with van der Waals surface area (Å²) in [5, 5.41) is 0. The predicted octanol–water partition coefficient (Wildman–Crippen LogP) is 3.58. The molecule has 0 aliphatic carbocycles. The molecule has 1 aliphatic heterocycles. The van der Waals surface area contributed by atoms with Crippen LogP contribution in [0.1, 0.15) is 30.8 Å². The van der Waals surface area contributed by atoms with Crippen LogP contribution in [-0.2, 0) is 10.0 Å². The first-order chi connectivity index (χ1) is 12.4. The van der Waals surface area contributed by atoms with Crippen molar-refractivity contribution >= 4 is 27.6 Å². The Kier molecular flexibility index (Phi) is 5.48. The highest BCUT2D eigenvalue weighted by Crippen LogP contribution is 2.32. The van der Waals surface area contributed by atoms with E-state index < -0.39 is 10.0 Å². The predicted molar refractivity (Wildman–Crippen MR) is 104 cm³/mol. The maximum Gasteiger partial charge on any atom is 0.244 e. The van der Waals surface area contributed by atoms with Crippen LogP contribution < -0.4 is 4.90 Å². The summed E-state index contributed by atoms with van der Waals surface area (Å²) in [7, 11) is -0.459.